The molecule has 0 saturated carbocycles. The predicted octanol–water partition coefficient (Wildman–Crippen LogP) is 2.29. The number of piperidine rings is 1. The van der Waals surface area contributed by atoms with Gasteiger partial charge in [-0.2, -0.15) is 4.31 Å². The third-order valence-electron chi connectivity index (χ3n) is 5.42. The normalized spacial score (nSPS) is 25.1. The summed E-state index contributed by atoms with van der Waals surface area (Å²) < 4.78 is 40.1. The van der Waals surface area contributed by atoms with Crippen molar-refractivity contribution in [1.29, 1.82) is 0 Å². The SMILES string of the molecule is C[C@@H]1C[C@@H](C)CN(CC(=O)N2CCN(S(=O)(=O)c3ccc(F)c(Cl)c3)CC2)C1. The van der Waals surface area contributed by atoms with E-state index in [0.29, 0.717) is 31.5 Å². The molecule has 2 aliphatic heterocycles. The van der Waals surface area contributed by atoms with Gasteiger partial charge < -0.3 is 4.90 Å². The second kappa shape index (κ2) is 8.65. The lowest BCUT2D eigenvalue weighted by Crippen LogP contribution is -2.53. The molecule has 1 aromatic rings. The average Bonchev–Trinajstić information content (AvgIpc) is 2.63. The number of hydrogen-bond acceptors (Lipinski definition) is 4. The lowest BCUT2D eigenvalue weighted by molar-refractivity contribution is -0.134. The van der Waals surface area contributed by atoms with Gasteiger partial charge in [0.1, 0.15) is 5.82 Å². The van der Waals surface area contributed by atoms with Crippen LogP contribution >= 0.6 is 11.6 Å². The summed E-state index contributed by atoms with van der Waals surface area (Å²) in [6.45, 7) is 7.79. The third-order valence-corrected chi connectivity index (χ3v) is 7.61. The van der Waals surface area contributed by atoms with Crippen molar-refractivity contribution in [2.45, 2.75) is 25.2 Å². The molecule has 2 saturated heterocycles. The topological polar surface area (TPSA) is 60.9 Å². The predicted molar refractivity (Wildman–Crippen MR) is 106 cm³/mol. The molecule has 1 amide bonds. The maximum absolute atomic E-state index is 13.3. The number of likely N-dealkylation sites (tertiary alicyclic amines) is 1. The van der Waals surface area contributed by atoms with Crippen LogP contribution in [-0.2, 0) is 14.8 Å². The van der Waals surface area contributed by atoms with Crippen molar-refractivity contribution in [3.63, 3.8) is 0 Å². The largest absolute Gasteiger partial charge is 0.339 e. The fourth-order valence-corrected chi connectivity index (χ4v) is 5.87. The highest BCUT2D eigenvalue weighted by Gasteiger charge is 2.31. The number of benzene rings is 1. The molecule has 28 heavy (non-hydrogen) atoms. The van der Waals surface area contributed by atoms with Gasteiger partial charge in [0, 0.05) is 39.3 Å². The van der Waals surface area contributed by atoms with Gasteiger partial charge in [-0.25, -0.2) is 12.8 Å². The number of rotatable bonds is 4. The van der Waals surface area contributed by atoms with Crippen LogP contribution in [0.2, 0.25) is 5.02 Å². The fraction of sp³-hybridized carbons (Fsp3) is 0.632. The highest BCUT2D eigenvalue weighted by Crippen LogP contribution is 2.24. The van der Waals surface area contributed by atoms with Gasteiger partial charge in [0.05, 0.1) is 16.5 Å². The standard InChI is InChI=1S/C19H27ClFN3O3S/c1-14-9-15(2)12-22(11-14)13-19(25)23-5-7-24(8-6-23)28(26,27)16-3-4-18(21)17(20)10-16/h3-4,10,14-15H,5-9,11-13H2,1-2H3/t14-,15-/m1/s1. The van der Waals surface area contributed by atoms with Crippen LogP contribution in [0.15, 0.2) is 23.1 Å². The Kier molecular flexibility index (Phi) is 6.64. The van der Waals surface area contributed by atoms with Crippen molar-refractivity contribution in [3.8, 4) is 0 Å². The number of carbonyl (C=O) groups excluding carboxylic acids is 1. The zero-order chi connectivity index (χ0) is 20.5. The number of carbonyl (C=O) groups is 1. The molecule has 0 aromatic heterocycles. The second-order valence-corrected chi connectivity index (χ2v) is 10.3. The molecule has 0 unspecified atom stereocenters. The summed E-state index contributed by atoms with van der Waals surface area (Å²) >= 11 is 5.72. The molecule has 2 heterocycles. The zero-order valence-electron chi connectivity index (χ0n) is 16.3. The van der Waals surface area contributed by atoms with Gasteiger partial charge in [-0.1, -0.05) is 25.4 Å². The zero-order valence-corrected chi connectivity index (χ0v) is 17.8. The van der Waals surface area contributed by atoms with Crippen LogP contribution < -0.4 is 0 Å². The first-order valence-corrected chi connectivity index (χ1v) is 11.4. The summed E-state index contributed by atoms with van der Waals surface area (Å²) in [6, 6.07) is 3.39. The van der Waals surface area contributed by atoms with Crippen molar-refractivity contribution in [2.75, 3.05) is 45.8 Å². The maximum atomic E-state index is 13.3. The molecule has 0 bridgehead atoms. The Bertz CT molecular complexity index is 818. The van der Waals surface area contributed by atoms with E-state index >= 15 is 0 Å². The monoisotopic (exact) mass is 431 g/mol. The minimum absolute atomic E-state index is 0.0324. The molecular weight excluding hydrogens is 405 g/mol. The number of piperazine rings is 1. The lowest BCUT2D eigenvalue weighted by atomic mass is 9.92. The van der Waals surface area contributed by atoms with Crippen LogP contribution in [0.4, 0.5) is 4.39 Å². The smallest absolute Gasteiger partial charge is 0.243 e. The van der Waals surface area contributed by atoms with Gasteiger partial charge in [0.25, 0.3) is 0 Å². The molecule has 0 radical (unpaired) electrons. The van der Waals surface area contributed by atoms with E-state index in [1.54, 1.807) is 4.90 Å². The molecule has 1 aromatic carbocycles. The minimum atomic E-state index is -3.76. The number of sulfonamides is 1. The lowest BCUT2D eigenvalue weighted by Gasteiger charge is -2.38. The molecule has 6 nitrogen and oxygen atoms in total. The molecule has 9 heteroatoms. The van der Waals surface area contributed by atoms with Gasteiger partial charge in [-0.05, 0) is 36.5 Å². The van der Waals surface area contributed by atoms with Crippen molar-refractivity contribution in [2.24, 2.45) is 11.8 Å². The van der Waals surface area contributed by atoms with Gasteiger partial charge in [0.2, 0.25) is 15.9 Å². The van der Waals surface area contributed by atoms with Gasteiger partial charge in [-0.3, -0.25) is 9.69 Å². The van der Waals surface area contributed by atoms with Crippen molar-refractivity contribution < 1.29 is 17.6 Å². The molecule has 2 atom stereocenters. The number of halogens is 2. The first-order valence-electron chi connectivity index (χ1n) is 9.62. The van der Waals surface area contributed by atoms with Crippen LogP contribution in [0.1, 0.15) is 20.3 Å². The van der Waals surface area contributed by atoms with Gasteiger partial charge >= 0.3 is 0 Å². The summed E-state index contributed by atoms with van der Waals surface area (Å²) in [7, 11) is -3.76. The number of hydrogen-bond donors (Lipinski definition) is 0. The summed E-state index contributed by atoms with van der Waals surface area (Å²) in [6.07, 6.45) is 1.19. The van der Waals surface area contributed by atoms with Crippen LogP contribution in [0, 0.1) is 17.7 Å². The molecule has 3 rings (SSSR count). The molecule has 2 fully saturated rings. The summed E-state index contributed by atoms with van der Waals surface area (Å²) in [5, 5.41) is -0.222. The summed E-state index contributed by atoms with van der Waals surface area (Å²) in [5.74, 6) is 0.558. The van der Waals surface area contributed by atoms with E-state index in [-0.39, 0.29) is 28.9 Å². The van der Waals surface area contributed by atoms with Gasteiger partial charge in [-0.15, -0.1) is 0 Å². The van der Waals surface area contributed by atoms with Gasteiger partial charge in [0.15, 0.2) is 0 Å². The fourth-order valence-electron chi connectivity index (χ4n) is 4.18. The molecule has 2 aliphatic rings. The van der Waals surface area contributed by atoms with E-state index in [1.165, 1.54) is 16.8 Å². The maximum Gasteiger partial charge on any atom is 0.243 e. The third kappa shape index (κ3) is 4.84. The first kappa shape index (κ1) is 21.5. The van der Waals surface area contributed by atoms with Crippen LogP contribution in [0.25, 0.3) is 0 Å². The van der Waals surface area contributed by atoms with E-state index < -0.39 is 15.8 Å². The van der Waals surface area contributed by atoms with E-state index in [4.69, 9.17) is 11.6 Å². The number of nitrogens with zero attached hydrogens (tertiary/aromatic N) is 3. The van der Waals surface area contributed by atoms with E-state index in [2.05, 4.69) is 18.7 Å². The molecule has 0 spiro atoms. The first-order chi connectivity index (χ1) is 13.2. The molecule has 0 N–H and O–H groups in total. The molecule has 0 aliphatic carbocycles. The quantitative estimate of drug-likeness (QED) is 0.733. The van der Waals surface area contributed by atoms with E-state index in [1.807, 2.05) is 0 Å². The van der Waals surface area contributed by atoms with E-state index in [0.717, 1.165) is 25.2 Å². The highest BCUT2D eigenvalue weighted by molar-refractivity contribution is 7.89. The van der Waals surface area contributed by atoms with Crippen LogP contribution in [0.5, 0.6) is 0 Å². The minimum Gasteiger partial charge on any atom is -0.339 e. The second-order valence-electron chi connectivity index (χ2n) is 8.00. The average molecular weight is 432 g/mol. The Morgan fingerprint density at radius 1 is 1.14 bits per heavy atom. The number of amides is 1. The van der Waals surface area contributed by atoms with Crippen LogP contribution in [-0.4, -0.2) is 74.2 Å². The Morgan fingerprint density at radius 3 is 2.32 bits per heavy atom. The van der Waals surface area contributed by atoms with E-state index in [9.17, 15) is 17.6 Å². The summed E-state index contributed by atoms with van der Waals surface area (Å²) in [4.78, 5) is 16.5. The van der Waals surface area contributed by atoms with Crippen LogP contribution in [0.3, 0.4) is 0 Å². The Hall–Kier alpha value is -1.22. The van der Waals surface area contributed by atoms with Crippen molar-refractivity contribution in [3.05, 3.63) is 29.0 Å². The Labute approximate surface area is 171 Å². The Morgan fingerprint density at radius 2 is 1.75 bits per heavy atom. The molecule has 156 valence electrons. The van der Waals surface area contributed by atoms with Crippen molar-refractivity contribution >= 4 is 27.5 Å². The summed E-state index contributed by atoms with van der Waals surface area (Å²) in [5.41, 5.74) is 0. The molecular formula is C19H27ClFN3O3S. The van der Waals surface area contributed by atoms with Crippen molar-refractivity contribution in [1.82, 2.24) is 14.1 Å². The highest BCUT2D eigenvalue weighted by atomic mass is 35.5. The Balaban J connectivity index is 1.57.